The van der Waals surface area contributed by atoms with E-state index in [1.807, 2.05) is 48.5 Å². The second-order valence-corrected chi connectivity index (χ2v) is 15.1. The summed E-state index contributed by atoms with van der Waals surface area (Å²) in [6, 6.07) is -4.10. The molecule has 11 heteroatoms. The number of urea groups is 1. The van der Waals surface area contributed by atoms with Gasteiger partial charge in [-0.2, -0.15) is 0 Å². The van der Waals surface area contributed by atoms with Crippen molar-refractivity contribution >= 4 is 35.3 Å². The Hall–Kier alpha value is -2.98. The Morgan fingerprint density at radius 2 is 1.45 bits per heavy atom. The number of carbonyl (C=O) groups is 6. The van der Waals surface area contributed by atoms with Gasteiger partial charge in [0.15, 0.2) is 5.78 Å². The highest BCUT2D eigenvalue weighted by atomic mass is 16.2. The minimum Gasteiger partial charge on any atom is -0.363 e. The third kappa shape index (κ3) is 9.27. The topological polar surface area (TPSA) is 168 Å². The van der Waals surface area contributed by atoms with Crippen molar-refractivity contribution in [3.63, 3.8) is 0 Å². The van der Waals surface area contributed by atoms with E-state index in [4.69, 9.17) is 5.73 Å². The number of nitrogens with zero attached hydrogens (tertiary/aromatic N) is 1. The lowest BCUT2D eigenvalue weighted by atomic mass is 9.80. The number of likely N-dealkylation sites (tertiary alicyclic amines) is 1. The lowest BCUT2D eigenvalue weighted by Crippen LogP contribution is -2.61. The monoisotopic (exact) mass is 617 g/mol. The van der Waals surface area contributed by atoms with E-state index in [9.17, 15) is 28.8 Å². The zero-order valence-electron chi connectivity index (χ0n) is 27.7. The molecule has 248 valence electrons. The highest BCUT2D eigenvalue weighted by Crippen LogP contribution is 2.35. The highest BCUT2D eigenvalue weighted by molar-refractivity contribution is 6.37. The average Bonchev–Trinajstić information content (AvgIpc) is 3.65. The number of carbonyl (C=O) groups excluding carboxylic acids is 6. The molecule has 5 atom stereocenters. The molecule has 3 aliphatic rings. The largest absolute Gasteiger partial charge is 0.363 e. The Labute approximate surface area is 262 Å². The summed E-state index contributed by atoms with van der Waals surface area (Å²) in [5, 5.41) is 8.53. The highest BCUT2D eigenvalue weighted by Gasteiger charge is 2.46. The standard InChI is InChI=1S/C33H55N5O6/c1-18(2)22-16-24(30(42)35-23(15-20-13-14-20)27(40)29(34)41)38(17-22)31(43)28(33(5,6)7)37-32(44)36-25(26(39)19(3)4)21-11-9-8-10-12-21/h18-25,28H,8-17H2,1-7H3,(H2,34,41)(H,35,42)(H2,36,37,44)/t22-,23?,24+,25+,28-/m1/s1. The number of hydrogen-bond acceptors (Lipinski definition) is 6. The first kappa shape index (κ1) is 35.5. The molecule has 3 fully saturated rings. The molecule has 11 nitrogen and oxygen atoms in total. The molecule has 2 aliphatic carbocycles. The molecule has 0 spiro atoms. The summed E-state index contributed by atoms with van der Waals surface area (Å²) in [7, 11) is 0. The summed E-state index contributed by atoms with van der Waals surface area (Å²) in [5.74, 6) is -2.59. The van der Waals surface area contributed by atoms with Crippen LogP contribution in [0.5, 0.6) is 0 Å². The van der Waals surface area contributed by atoms with Gasteiger partial charge >= 0.3 is 6.03 Å². The van der Waals surface area contributed by atoms with Crippen LogP contribution in [0.4, 0.5) is 4.79 Å². The number of primary amides is 1. The van der Waals surface area contributed by atoms with Crippen molar-refractivity contribution in [2.24, 2.45) is 40.7 Å². The van der Waals surface area contributed by atoms with Crippen LogP contribution in [0.15, 0.2) is 0 Å². The number of amides is 5. The van der Waals surface area contributed by atoms with E-state index >= 15 is 0 Å². The lowest BCUT2D eigenvalue weighted by molar-refractivity contribution is -0.143. The van der Waals surface area contributed by atoms with Gasteiger partial charge in [0.1, 0.15) is 12.1 Å². The minimum absolute atomic E-state index is 0.0204. The van der Waals surface area contributed by atoms with Crippen LogP contribution >= 0.6 is 0 Å². The van der Waals surface area contributed by atoms with E-state index in [2.05, 4.69) is 16.0 Å². The minimum atomic E-state index is -1.10. The Balaban J connectivity index is 1.81. The molecule has 5 N–H and O–H groups in total. The van der Waals surface area contributed by atoms with Gasteiger partial charge < -0.3 is 26.6 Å². The first-order chi connectivity index (χ1) is 20.5. The van der Waals surface area contributed by atoms with E-state index in [-0.39, 0.29) is 35.4 Å². The third-order valence-electron chi connectivity index (χ3n) is 9.68. The fourth-order valence-electron chi connectivity index (χ4n) is 6.58. The maximum atomic E-state index is 14.3. The second-order valence-electron chi connectivity index (χ2n) is 15.1. The smallest absolute Gasteiger partial charge is 0.316 e. The van der Waals surface area contributed by atoms with Gasteiger partial charge in [-0.1, -0.05) is 80.6 Å². The molecular formula is C33H55N5O6. The van der Waals surface area contributed by atoms with Crippen LogP contribution in [0.1, 0.15) is 106 Å². The van der Waals surface area contributed by atoms with E-state index in [0.717, 1.165) is 44.9 Å². The van der Waals surface area contributed by atoms with E-state index < -0.39 is 59.1 Å². The van der Waals surface area contributed by atoms with Crippen LogP contribution < -0.4 is 21.7 Å². The molecule has 1 saturated heterocycles. The molecule has 5 amide bonds. The van der Waals surface area contributed by atoms with Crippen molar-refractivity contribution in [3.8, 4) is 0 Å². The number of rotatable bonds is 13. The van der Waals surface area contributed by atoms with Crippen molar-refractivity contribution in [3.05, 3.63) is 0 Å². The molecule has 1 aliphatic heterocycles. The summed E-state index contributed by atoms with van der Waals surface area (Å²) in [6.07, 6.45) is 7.46. The van der Waals surface area contributed by atoms with Crippen molar-refractivity contribution in [2.45, 2.75) is 130 Å². The zero-order valence-corrected chi connectivity index (χ0v) is 27.7. The van der Waals surface area contributed by atoms with Crippen LogP contribution in [-0.2, 0) is 24.0 Å². The van der Waals surface area contributed by atoms with Gasteiger partial charge in [-0.05, 0) is 54.8 Å². The fraction of sp³-hybridized carbons (Fsp3) is 0.818. The summed E-state index contributed by atoms with van der Waals surface area (Å²) in [6.45, 7) is 13.6. The van der Waals surface area contributed by atoms with Gasteiger partial charge in [-0.25, -0.2) is 4.79 Å². The molecule has 0 aromatic carbocycles. The average molecular weight is 618 g/mol. The molecule has 1 heterocycles. The first-order valence-electron chi connectivity index (χ1n) is 16.6. The van der Waals surface area contributed by atoms with Crippen molar-refractivity contribution in [2.75, 3.05) is 6.54 Å². The van der Waals surface area contributed by atoms with Gasteiger partial charge in [-0.3, -0.25) is 24.0 Å². The van der Waals surface area contributed by atoms with E-state index in [1.54, 1.807) is 0 Å². The quantitative estimate of drug-likeness (QED) is 0.232. The fourth-order valence-corrected chi connectivity index (χ4v) is 6.58. The van der Waals surface area contributed by atoms with Crippen LogP contribution in [0.2, 0.25) is 0 Å². The Morgan fingerprint density at radius 1 is 0.841 bits per heavy atom. The van der Waals surface area contributed by atoms with E-state index in [0.29, 0.717) is 19.4 Å². The van der Waals surface area contributed by atoms with Gasteiger partial charge in [-0.15, -0.1) is 0 Å². The number of hydrogen-bond donors (Lipinski definition) is 4. The van der Waals surface area contributed by atoms with Gasteiger partial charge in [0.2, 0.25) is 17.6 Å². The molecule has 0 bridgehead atoms. The summed E-state index contributed by atoms with van der Waals surface area (Å²) < 4.78 is 0. The Morgan fingerprint density at radius 3 is 1.95 bits per heavy atom. The van der Waals surface area contributed by atoms with Crippen LogP contribution in [0, 0.1) is 35.0 Å². The van der Waals surface area contributed by atoms with E-state index in [1.165, 1.54) is 4.90 Å². The van der Waals surface area contributed by atoms with Crippen LogP contribution in [0.3, 0.4) is 0 Å². The molecule has 0 radical (unpaired) electrons. The molecule has 1 unspecified atom stereocenters. The SMILES string of the molecule is CC(C)C(=O)[C@@H](NC(=O)N[C@H](C(=O)N1C[C@H](C(C)C)C[C@H]1C(=O)NC(CC1CC1)C(=O)C(N)=O)C(C)(C)C)C1CCCCC1. The molecule has 44 heavy (non-hydrogen) atoms. The first-order valence-corrected chi connectivity index (χ1v) is 16.6. The van der Waals surface area contributed by atoms with Gasteiger partial charge in [0, 0.05) is 12.5 Å². The summed E-state index contributed by atoms with van der Waals surface area (Å²) in [4.78, 5) is 80.3. The molecule has 3 rings (SSSR count). The molecule has 0 aromatic rings. The van der Waals surface area contributed by atoms with Crippen molar-refractivity contribution in [1.82, 2.24) is 20.9 Å². The second kappa shape index (κ2) is 14.9. The predicted molar refractivity (Wildman–Crippen MR) is 167 cm³/mol. The van der Waals surface area contributed by atoms with Crippen molar-refractivity contribution < 1.29 is 28.8 Å². The maximum Gasteiger partial charge on any atom is 0.316 e. The Bertz CT molecular complexity index is 1090. The molecular weight excluding hydrogens is 562 g/mol. The summed E-state index contributed by atoms with van der Waals surface area (Å²) in [5.41, 5.74) is 4.56. The molecule has 0 aromatic heterocycles. The predicted octanol–water partition coefficient (Wildman–Crippen LogP) is 3.09. The Kier molecular flexibility index (Phi) is 12.0. The maximum absolute atomic E-state index is 14.3. The summed E-state index contributed by atoms with van der Waals surface area (Å²) >= 11 is 0. The lowest BCUT2D eigenvalue weighted by Gasteiger charge is -2.37. The van der Waals surface area contributed by atoms with Crippen LogP contribution in [-0.4, -0.2) is 70.9 Å². The van der Waals surface area contributed by atoms with Crippen LogP contribution in [0.25, 0.3) is 0 Å². The van der Waals surface area contributed by atoms with Gasteiger partial charge in [0.25, 0.3) is 5.91 Å². The number of Topliss-reactive ketones (excluding diaryl/α,β-unsaturated/α-hetero) is 2. The number of nitrogens with two attached hydrogens (primary N) is 1. The third-order valence-corrected chi connectivity index (χ3v) is 9.68. The van der Waals surface area contributed by atoms with Crippen molar-refractivity contribution in [1.29, 1.82) is 0 Å². The normalized spacial score (nSPS) is 23.2. The number of ketones is 2. The van der Waals surface area contributed by atoms with Gasteiger partial charge in [0.05, 0.1) is 12.1 Å². The number of nitrogens with one attached hydrogen (secondary N) is 3. The zero-order chi connectivity index (χ0) is 32.9. The molecule has 2 saturated carbocycles.